The fourth-order valence-corrected chi connectivity index (χ4v) is 4.08. The lowest BCUT2D eigenvalue weighted by molar-refractivity contribution is -0.137. The number of nitrogens with zero attached hydrogens (tertiary/aromatic N) is 5. The molecule has 5 aromatic rings. The number of hydrogen-bond donors (Lipinski definition) is 3. The molecule has 5 rings (SSSR count). The van der Waals surface area contributed by atoms with Crippen molar-refractivity contribution in [3.05, 3.63) is 89.9 Å². The van der Waals surface area contributed by atoms with Crippen LogP contribution in [0.2, 0.25) is 0 Å². The second kappa shape index (κ2) is 10.2. The van der Waals surface area contributed by atoms with E-state index in [2.05, 4.69) is 30.6 Å². The third-order valence-corrected chi connectivity index (χ3v) is 6.21. The zero-order chi connectivity index (χ0) is 28.6. The number of anilines is 3. The number of nitrogens with one attached hydrogen (secondary N) is 3. The summed E-state index contributed by atoms with van der Waals surface area (Å²) < 4.78 is 42.3. The molecule has 0 spiro atoms. The number of H-pyrrole nitrogens is 1. The number of aryl methyl sites for hydroxylation is 2. The number of imidazole rings is 1. The van der Waals surface area contributed by atoms with Crippen LogP contribution >= 0.6 is 0 Å². The van der Waals surface area contributed by atoms with Gasteiger partial charge < -0.3 is 20.2 Å². The number of carbonyl (C=O) groups excluding carboxylic acids is 2. The van der Waals surface area contributed by atoms with Gasteiger partial charge in [0.1, 0.15) is 17.8 Å². The number of hydrogen-bond acceptors (Lipinski definition) is 5. The van der Waals surface area contributed by atoms with Gasteiger partial charge in [0, 0.05) is 42.1 Å². The molecule has 0 aliphatic carbocycles. The maximum atomic E-state index is 13.6. The van der Waals surface area contributed by atoms with E-state index < -0.39 is 23.7 Å². The van der Waals surface area contributed by atoms with Crippen molar-refractivity contribution in [1.29, 1.82) is 0 Å². The molecule has 0 bridgehead atoms. The van der Waals surface area contributed by atoms with Gasteiger partial charge in [0.05, 0.1) is 23.0 Å². The van der Waals surface area contributed by atoms with Crippen LogP contribution in [0.3, 0.4) is 0 Å². The number of benzene rings is 2. The van der Waals surface area contributed by atoms with Crippen molar-refractivity contribution in [3.63, 3.8) is 0 Å². The molecule has 0 radical (unpaired) electrons. The van der Waals surface area contributed by atoms with Crippen LogP contribution in [0.25, 0.3) is 16.7 Å². The zero-order valence-corrected chi connectivity index (χ0v) is 21.5. The summed E-state index contributed by atoms with van der Waals surface area (Å²) in [6.45, 7) is 3.46. The van der Waals surface area contributed by atoms with Crippen molar-refractivity contribution in [3.8, 4) is 5.69 Å². The van der Waals surface area contributed by atoms with E-state index in [1.807, 2.05) is 0 Å². The highest BCUT2D eigenvalue weighted by Crippen LogP contribution is 2.33. The molecular formula is C27H23F3N8O2. The first-order chi connectivity index (χ1) is 19.0. The van der Waals surface area contributed by atoms with Gasteiger partial charge in [0.25, 0.3) is 5.91 Å². The molecule has 0 unspecified atom stereocenters. The Bertz CT molecular complexity index is 1740. The predicted octanol–water partition coefficient (Wildman–Crippen LogP) is 5.70. The topological polar surface area (TPSA) is 121 Å². The lowest BCUT2D eigenvalue weighted by Crippen LogP contribution is -2.32. The Morgan fingerprint density at radius 2 is 1.80 bits per heavy atom. The average molecular weight is 549 g/mol. The number of rotatable bonds is 5. The van der Waals surface area contributed by atoms with E-state index in [0.29, 0.717) is 33.8 Å². The van der Waals surface area contributed by atoms with Crippen molar-refractivity contribution in [2.24, 2.45) is 0 Å². The number of aromatic amines is 1. The fourth-order valence-electron chi connectivity index (χ4n) is 4.08. The smallest absolute Gasteiger partial charge is 0.346 e. The Hall–Kier alpha value is -5.20. The van der Waals surface area contributed by atoms with E-state index in [1.165, 1.54) is 40.3 Å². The maximum absolute atomic E-state index is 13.6. The highest BCUT2D eigenvalue weighted by atomic mass is 19.4. The first-order valence-electron chi connectivity index (χ1n) is 12.0. The molecule has 3 N–H and O–H groups in total. The third kappa shape index (κ3) is 5.34. The van der Waals surface area contributed by atoms with Crippen molar-refractivity contribution >= 4 is 40.2 Å². The number of aromatic nitrogens is 5. The van der Waals surface area contributed by atoms with Crippen molar-refractivity contribution in [2.75, 3.05) is 22.6 Å². The van der Waals surface area contributed by atoms with Crippen LogP contribution in [0.1, 0.15) is 27.2 Å². The lowest BCUT2D eigenvalue weighted by atomic mass is 10.1. The van der Waals surface area contributed by atoms with Crippen LogP contribution in [-0.2, 0) is 6.18 Å². The minimum atomic E-state index is -4.63. The molecule has 0 fully saturated rings. The molecule has 204 valence electrons. The van der Waals surface area contributed by atoms with Crippen molar-refractivity contribution in [1.82, 2.24) is 24.5 Å². The van der Waals surface area contributed by atoms with E-state index in [4.69, 9.17) is 0 Å². The number of amides is 3. The summed E-state index contributed by atoms with van der Waals surface area (Å²) in [6, 6.07) is 9.10. The van der Waals surface area contributed by atoms with E-state index >= 15 is 0 Å². The predicted molar refractivity (Wildman–Crippen MR) is 144 cm³/mol. The second-order valence-electron chi connectivity index (χ2n) is 9.10. The third-order valence-electron chi connectivity index (χ3n) is 6.21. The van der Waals surface area contributed by atoms with Gasteiger partial charge >= 0.3 is 12.2 Å². The first kappa shape index (κ1) is 26.4. The molecule has 3 aromatic heterocycles. The molecule has 0 saturated heterocycles. The molecular weight excluding hydrogens is 525 g/mol. The Morgan fingerprint density at radius 1 is 1.00 bits per heavy atom. The van der Waals surface area contributed by atoms with Gasteiger partial charge in [-0.3, -0.25) is 9.69 Å². The number of fused-ring (bicyclic) bond motifs is 1. The number of urea groups is 1. The zero-order valence-electron chi connectivity index (χ0n) is 21.5. The van der Waals surface area contributed by atoms with Crippen molar-refractivity contribution in [2.45, 2.75) is 20.0 Å². The van der Waals surface area contributed by atoms with Crippen LogP contribution < -0.4 is 15.5 Å². The molecule has 2 aromatic carbocycles. The summed E-state index contributed by atoms with van der Waals surface area (Å²) in [6.07, 6.45) is 1.36. The molecule has 10 nitrogen and oxygen atoms in total. The SMILES string of the molecule is Cc1cn(-c2cc(NC(=O)c3ccc(C)c(NC(=O)N(C)c4ncnc5[nH]ccc45)c3)cc(C(F)(F)F)c2)cn1. The fraction of sp³-hybridized carbons (Fsp3) is 0.148. The van der Waals surface area contributed by atoms with Crippen LogP contribution in [0.5, 0.6) is 0 Å². The number of alkyl halides is 3. The van der Waals surface area contributed by atoms with Gasteiger partial charge in [-0.05, 0) is 55.8 Å². The summed E-state index contributed by atoms with van der Waals surface area (Å²) in [5.41, 5.74) is 1.56. The summed E-state index contributed by atoms with van der Waals surface area (Å²) in [5.74, 6) is -0.274. The number of halogens is 3. The Labute approximate surface area is 225 Å². The average Bonchev–Trinajstić information content (AvgIpc) is 3.57. The molecule has 13 heteroatoms. The molecule has 3 amide bonds. The van der Waals surface area contributed by atoms with Crippen LogP contribution in [0.15, 0.2) is 67.5 Å². The van der Waals surface area contributed by atoms with Gasteiger partial charge in [-0.15, -0.1) is 0 Å². The summed E-state index contributed by atoms with van der Waals surface area (Å²) >= 11 is 0. The quantitative estimate of drug-likeness (QED) is 0.260. The first-order valence-corrected chi connectivity index (χ1v) is 12.0. The minimum Gasteiger partial charge on any atom is -0.346 e. The van der Waals surface area contributed by atoms with E-state index in [1.54, 1.807) is 45.4 Å². The van der Waals surface area contributed by atoms with Crippen molar-refractivity contribution < 1.29 is 22.8 Å². The summed E-state index contributed by atoms with van der Waals surface area (Å²) in [5, 5.41) is 5.95. The standard InChI is InChI=1S/C27H23F3N8O2/c1-15-4-5-17(8-22(15)36-26(40)37(3)24-21-6-7-31-23(21)32-13-33-24)25(39)35-19-9-18(27(28,29)30)10-20(11-19)38-12-16(2)34-14-38/h4-14H,1-3H3,(H,35,39)(H,36,40)(H,31,32,33). The highest BCUT2D eigenvalue weighted by Gasteiger charge is 2.31. The van der Waals surface area contributed by atoms with E-state index in [0.717, 1.165) is 12.1 Å². The van der Waals surface area contributed by atoms with E-state index in [9.17, 15) is 22.8 Å². The van der Waals surface area contributed by atoms with Gasteiger partial charge in [0.2, 0.25) is 0 Å². The largest absolute Gasteiger partial charge is 0.416 e. The normalized spacial score (nSPS) is 11.4. The van der Waals surface area contributed by atoms with Gasteiger partial charge in [-0.1, -0.05) is 6.07 Å². The monoisotopic (exact) mass is 548 g/mol. The minimum absolute atomic E-state index is 0.0497. The molecule has 0 aliphatic heterocycles. The highest BCUT2D eigenvalue weighted by molar-refractivity contribution is 6.08. The molecule has 3 heterocycles. The summed E-state index contributed by atoms with van der Waals surface area (Å²) in [7, 11) is 1.54. The van der Waals surface area contributed by atoms with E-state index in [-0.39, 0.29) is 16.9 Å². The maximum Gasteiger partial charge on any atom is 0.416 e. The summed E-state index contributed by atoms with van der Waals surface area (Å²) in [4.78, 5) is 42.8. The number of carbonyl (C=O) groups is 2. The molecule has 0 aliphatic rings. The van der Waals surface area contributed by atoms with Crippen LogP contribution in [0.4, 0.5) is 35.2 Å². The van der Waals surface area contributed by atoms with Crippen LogP contribution in [0, 0.1) is 13.8 Å². The lowest BCUT2D eigenvalue weighted by Gasteiger charge is -2.19. The van der Waals surface area contributed by atoms with Crippen LogP contribution in [-0.4, -0.2) is 43.5 Å². The molecule has 40 heavy (non-hydrogen) atoms. The Kier molecular flexibility index (Phi) is 6.71. The van der Waals surface area contributed by atoms with Gasteiger partial charge in [0.15, 0.2) is 0 Å². The van der Waals surface area contributed by atoms with Gasteiger partial charge in [-0.25, -0.2) is 19.7 Å². The Balaban J connectivity index is 1.38. The van der Waals surface area contributed by atoms with Gasteiger partial charge in [-0.2, -0.15) is 13.2 Å². The Morgan fingerprint density at radius 3 is 2.52 bits per heavy atom. The second-order valence-corrected chi connectivity index (χ2v) is 9.10. The molecule has 0 atom stereocenters. The molecule has 0 saturated carbocycles.